The molecule has 1 aliphatic rings. The summed E-state index contributed by atoms with van der Waals surface area (Å²) in [5.41, 5.74) is 0. The molecule has 0 unspecified atom stereocenters. The number of nitrogens with zero attached hydrogens (tertiary/aromatic N) is 2. The van der Waals surface area contributed by atoms with Crippen molar-refractivity contribution in [3.63, 3.8) is 0 Å². The molecule has 0 aliphatic heterocycles. The Morgan fingerprint density at radius 1 is 1.33 bits per heavy atom. The summed E-state index contributed by atoms with van der Waals surface area (Å²) in [6.45, 7) is 3.61. The predicted octanol–water partition coefficient (Wildman–Crippen LogP) is 2.81. The minimum absolute atomic E-state index is 0.481. The molecule has 5 nitrogen and oxygen atoms in total. The van der Waals surface area contributed by atoms with Gasteiger partial charge in [-0.3, -0.25) is 0 Å². The topological polar surface area (TPSA) is 60.2 Å². The molecule has 1 N–H and O–H groups in total. The number of methoxy groups -OCH3 is 1. The Kier molecular flexibility index (Phi) is 4.99. The highest BCUT2D eigenvalue weighted by Gasteiger charge is 2.24. The van der Waals surface area contributed by atoms with Crippen LogP contribution in [0.5, 0.6) is 0 Å². The van der Waals surface area contributed by atoms with Crippen LogP contribution < -0.4 is 5.32 Å². The van der Waals surface area contributed by atoms with Crippen LogP contribution in [-0.2, 0) is 4.74 Å². The maximum Gasteiger partial charge on any atom is 0.321 e. The lowest BCUT2D eigenvalue weighted by Gasteiger charge is -2.25. The van der Waals surface area contributed by atoms with Crippen LogP contribution in [0.15, 0.2) is 4.52 Å². The molecular formula is C13H23N3O2. The van der Waals surface area contributed by atoms with Gasteiger partial charge in [-0.15, -0.1) is 0 Å². The van der Waals surface area contributed by atoms with Crippen molar-refractivity contribution in [1.29, 1.82) is 0 Å². The van der Waals surface area contributed by atoms with Gasteiger partial charge in [0.05, 0.1) is 6.61 Å². The highest BCUT2D eigenvalue weighted by molar-refractivity contribution is 5.19. The lowest BCUT2D eigenvalue weighted by molar-refractivity contribution is 0.210. The van der Waals surface area contributed by atoms with Gasteiger partial charge in [-0.1, -0.05) is 18.5 Å². The average molecular weight is 253 g/mol. The molecule has 1 heterocycles. The van der Waals surface area contributed by atoms with Crippen molar-refractivity contribution in [2.45, 2.75) is 44.9 Å². The van der Waals surface area contributed by atoms with Crippen molar-refractivity contribution in [2.24, 2.45) is 5.92 Å². The molecule has 1 aromatic rings. The average Bonchev–Trinajstić information content (AvgIpc) is 2.88. The van der Waals surface area contributed by atoms with Crippen molar-refractivity contribution in [1.82, 2.24) is 10.1 Å². The summed E-state index contributed by atoms with van der Waals surface area (Å²) in [5.74, 6) is 2.24. The van der Waals surface area contributed by atoms with Crippen molar-refractivity contribution < 1.29 is 9.26 Å². The number of ether oxygens (including phenoxy) is 1. The number of anilines is 1. The van der Waals surface area contributed by atoms with Crippen LogP contribution in [0.25, 0.3) is 0 Å². The second-order valence-corrected chi connectivity index (χ2v) is 5.00. The summed E-state index contributed by atoms with van der Waals surface area (Å²) in [4.78, 5) is 4.41. The lowest BCUT2D eigenvalue weighted by Crippen LogP contribution is -2.13. The zero-order valence-corrected chi connectivity index (χ0v) is 11.3. The van der Waals surface area contributed by atoms with Crippen LogP contribution in [0.1, 0.15) is 50.8 Å². The number of hydrogen-bond acceptors (Lipinski definition) is 5. The van der Waals surface area contributed by atoms with E-state index in [1.54, 1.807) is 7.11 Å². The standard InChI is InChI=1S/C13H23N3O2/c1-3-10-4-6-11(7-5-10)12-15-13(18-16-12)14-8-9-17-2/h10-11H,3-9H2,1-2H3,(H,14,15,16). The molecule has 1 aliphatic carbocycles. The van der Waals surface area contributed by atoms with Crippen LogP contribution in [0.2, 0.25) is 0 Å². The fourth-order valence-corrected chi connectivity index (χ4v) is 2.56. The third-order valence-corrected chi connectivity index (χ3v) is 3.81. The quantitative estimate of drug-likeness (QED) is 0.790. The molecule has 5 heteroatoms. The summed E-state index contributed by atoms with van der Waals surface area (Å²) in [6.07, 6.45) is 6.26. The van der Waals surface area contributed by atoms with Crippen LogP contribution in [-0.4, -0.2) is 30.4 Å². The van der Waals surface area contributed by atoms with Gasteiger partial charge in [-0.2, -0.15) is 4.98 Å². The van der Waals surface area contributed by atoms with Gasteiger partial charge >= 0.3 is 6.01 Å². The lowest BCUT2D eigenvalue weighted by atomic mass is 9.80. The Bertz CT molecular complexity index is 346. The highest BCUT2D eigenvalue weighted by Crippen LogP contribution is 2.35. The minimum Gasteiger partial charge on any atom is -0.383 e. The van der Waals surface area contributed by atoms with Gasteiger partial charge in [0.15, 0.2) is 5.82 Å². The Morgan fingerprint density at radius 2 is 2.11 bits per heavy atom. The van der Waals surface area contributed by atoms with E-state index in [1.165, 1.54) is 32.1 Å². The van der Waals surface area contributed by atoms with Gasteiger partial charge in [0, 0.05) is 19.6 Å². The van der Waals surface area contributed by atoms with Crippen LogP contribution in [0, 0.1) is 5.92 Å². The van der Waals surface area contributed by atoms with Crippen molar-refractivity contribution in [3.8, 4) is 0 Å². The molecule has 102 valence electrons. The van der Waals surface area contributed by atoms with E-state index in [9.17, 15) is 0 Å². The third kappa shape index (κ3) is 3.45. The van der Waals surface area contributed by atoms with E-state index in [0.717, 1.165) is 11.7 Å². The molecule has 0 spiro atoms. The predicted molar refractivity (Wildman–Crippen MR) is 69.7 cm³/mol. The van der Waals surface area contributed by atoms with E-state index in [4.69, 9.17) is 9.26 Å². The second-order valence-electron chi connectivity index (χ2n) is 5.00. The van der Waals surface area contributed by atoms with Gasteiger partial charge in [0.2, 0.25) is 0 Å². The summed E-state index contributed by atoms with van der Waals surface area (Å²) in [7, 11) is 1.67. The highest BCUT2D eigenvalue weighted by atomic mass is 16.5. The normalized spacial score (nSPS) is 24.1. The first-order chi connectivity index (χ1) is 8.83. The van der Waals surface area contributed by atoms with E-state index < -0.39 is 0 Å². The summed E-state index contributed by atoms with van der Waals surface area (Å²) in [6, 6.07) is 0.514. The van der Waals surface area contributed by atoms with Crippen molar-refractivity contribution in [2.75, 3.05) is 25.6 Å². The van der Waals surface area contributed by atoms with Gasteiger partial charge in [0.1, 0.15) is 0 Å². The van der Waals surface area contributed by atoms with Crippen LogP contribution >= 0.6 is 0 Å². The Hall–Kier alpha value is -1.10. The Balaban J connectivity index is 1.82. The molecule has 0 aromatic carbocycles. The molecule has 0 atom stereocenters. The fraction of sp³-hybridized carbons (Fsp3) is 0.846. The third-order valence-electron chi connectivity index (χ3n) is 3.81. The summed E-state index contributed by atoms with van der Waals surface area (Å²) < 4.78 is 10.1. The second kappa shape index (κ2) is 6.73. The summed E-state index contributed by atoms with van der Waals surface area (Å²) in [5, 5.41) is 7.14. The molecule has 2 rings (SSSR count). The van der Waals surface area contributed by atoms with E-state index in [2.05, 4.69) is 22.4 Å². The zero-order chi connectivity index (χ0) is 12.8. The number of hydrogen-bond donors (Lipinski definition) is 1. The van der Waals surface area contributed by atoms with Gasteiger partial charge in [-0.25, -0.2) is 0 Å². The smallest absolute Gasteiger partial charge is 0.321 e. The molecule has 18 heavy (non-hydrogen) atoms. The zero-order valence-electron chi connectivity index (χ0n) is 11.3. The Labute approximate surface area is 108 Å². The Morgan fingerprint density at radius 3 is 2.78 bits per heavy atom. The number of rotatable bonds is 6. The largest absolute Gasteiger partial charge is 0.383 e. The maximum atomic E-state index is 5.19. The van der Waals surface area contributed by atoms with Crippen molar-refractivity contribution in [3.05, 3.63) is 5.82 Å². The monoisotopic (exact) mass is 253 g/mol. The number of nitrogens with one attached hydrogen (secondary N) is 1. The SMILES string of the molecule is CCC1CCC(c2noc(NCCOC)n2)CC1. The maximum absolute atomic E-state index is 5.19. The van der Waals surface area contributed by atoms with E-state index >= 15 is 0 Å². The molecule has 0 saturated heterocycles. The van der Waals surface area contributed by atoms with Gasteiger partial charge in [-0.05, 0) is 31.6 Å². The van der Waals surface area contributed by atoms with E-state index in [1.807, 2.05) is 0 Å². The molecule has 1 aromatic heterocycles. The molecule has 0 bridgehead atoms. The minimum atomic E-state index is 0.481. The molecule has 0 radical (unpaired) electrons. The first kappa shape index (κ1) is 13.3. The fourth-order valence-electron chi connectivity index (χ4n) is 2.56. The van der Waals surface area contributed by atoms with Gasteiger partial charge in [0.25, 0.3) is 0 Å². The molecule has 1 saturated carbocycles. The first-order valence-corrected chi connectivity index (χ1v) is 6.90. The summed E-state index contributed by atoms with van der Waals surface area (Å²) >= 11 is 0. The van der Waals surface area contributed by atoms with Gasteiger partial charge < -0.3 is 14.6 Å². The molecule has 0 amide bonds. The van der Waals surface area contributed by atoms with E-state index in [-0.39, 0.29) is 0 Å². The molecule has 1 fully saturated rings. The number of aromatic nitrogens is 2. The van der Waals surface area contributed by atoms with E-state index in [0.29, 0.717) is 25.1 Å². The van der Waals surface area contributed by atoms with Crippen LogP contribution in [0.3, 0.4) is 0 Å². The van der Waals surface area contributed by atoms with Crippen molar-refractivity contribution >= 4 is 6.01 Å². The molecular weight excluding hydrogens is 230 g/mol. The first-order valence-electron chi connectivity index (χ1n) is 6.90. The van der Waals surface area contributed by atoms with Crippen LogP contribution in [0.4, 0.5) is 6.01 Å².